The summed E-state index contributed by atoms with van der Waals surface area (Å²) in [5.74, 6) is 0.928. The van der Waals surface area contributed by atoms with E-state index in [1.165, 1.54) is 19.6 Å². The molecule has 2 aliphatic heterocycles. The Morgan fingerprint density at radius 3 is 1.88 bits per heavy atom. The fraction of sp³-hybridized carbons (Fsp3) is 0.136. The Bertz CT molecular complexity index is 878. The summed E-state index contributed by atoms with van der Waals surface area (Å²) in [5, 5.41) is 0. The molecule has 0 spiro atoms. The van der Waals surface area contributed by atoms with Crippen LogP contribution in [0.15, 0.2) is 86.3 Å². The van der Waals surface area contributed by atoms with E-state index in [0.29, 0.717) is 13.0 Å². The van der Waals surface area contributed by atoms with Crippen LogP contribution in [0.4, 0.5) is 0 Å². The van der Waals surface area contributed by atoms with Gasteiger partial charge in [-0.25, -0.2) is 0 Å². The lowest BCUT2D eigenvalue weighted by Crippen LogP contribution is -2.15. The lowest BCUT2D eigenvalue weighted by molar-refractivity contribution is 0.0933. The summed E-state index contributed by atoms with van der Waals surface area (Å²) in [6.45, 7) is 2.50. The van der Waals surface area contributed by atoms with E-state index in [4.69, 9.17) is 4.74 Å². The number of aryl methyl sites for hydroxylation is 1. The van der Waals surface area contributed by atoms with Crippen LogP contribution in [0.3, 0.4) is 0 Å². The zero-order valence-electron chi connectivity index (χ0n) is 14.4. The number of carbonyl (C=O) groups is 1. The Balaban J connectivity index is 0.000000131. The molecular formula is C22H18O2S2. The smallest absolute Gasteiger partial charge is 0.170 e. The maximum atomic E-state index is 11.4. The van der Waals surface area contributed by atoms with Crippen molar-refractivity contribution in [2.24, 2.45) is 0 Å². The van der Waals surface area contributed by atoms with Gasteiger partial charge in [-0.05, 0) is 43.3 Å². The molecule has 130 valence electrons. The second-order valence-electron chi connectivity index (χ2n) is 6.12. The van der Waals surface area contributed by atoms with Gasteiger partial charge in [-0.2, -0.15) is 0 Å². The first-order chi connectivity index (χ1) is 12.7. The van der Waals surface area contributed by atoms with Gasteiger partial charge in [0.1, 0.15) is 5.75 Å². The molecule has 26 heavy (non-hydrogen) atoms. The highest BCUT2D eigenvalue weighted by atomic mass is 32.2. The molecule has 3 aromatic carbocycles. The molecule has 2 nitrogen and oxygen atoms in total. The molecule has 0 radical (unpaired) electrons. The Hall–Kier alpha value is -2.17. The van der Waals surface area contributed by atoms with E-state index in [-0.39, 0.29) is 5.78 Å². The van der Waals surface area contributed by atoms with Crippen molar-refractivity contribution in [1.29, 1.82) is 0 Å². The minimum absolute atomic E-state index is 0.194. The maximum absolute atomic E-state index is 11.4. The SMILES string of the molecule is Cc1ccc2c(c1)C(=O)CCO2.c1ccc2c(c1)Sc1ccccc1S2. The molecule has 0 saturated heterocycles. The van der Waals surface area contributed by atoms with E-state index in [9.17, 15) is 4.79 Å². The molecule has 0 fully saturated rings. The Morgan fingerprint density at radius 2 is 1.35 bits per heavy atom. The average molecular weight is 379 g/mol. The predicted octanol–water partition coefficient (Wildman–Crippen LogP) is 6.26. The van der Waals surface area contributed by atoms with Crippen molar-refractivity contribution in [3.8, 4) is 5.75 Å². The molecule has 0 aliphatic carbocycles. The highest BCUT2D eigenvalue weighted by Crippen LogP contribution is 2.47. The number of ether oxygens (including phenoxy) is 1. The van der Waals surface area contributed by atoms with Crippen molar-refractivity contribution in [3.05, 3.63) is 77.9 Å². The molecule has 0 aromatic heterocycles. The summed E-state index contributed by atoms with van der Waals surface area (Å²) in [6.07, 6.45) is 0.510. The fourth-order valence-electron chi connectivity index (χ4n) is 2.85. The highest BCUT2D eigenvalue weighted by Gasteiger charge is 2.17. The van der Waals surface area contributed by atoms with Crippen molar-refractivity contribution in [2.45, 2.75) is 32.9 Å². The van der Waals surface area contributed by atoms with Gasteiger partial charge in [0, 0.05) is 26.0 Å². The van der Waals surface area contributed by atoms with Crippen LogP contribution in [0, 0.1) is 6.92 Å². The number of fused-ring (bicyclic) bond motifs is 3. The second kappa shape index (κ2) is 7.60. The van der Waals surface area contributed by atoms with Crippen molar-refractivity contribution < 1.29 is 9.53 Å². The third kappa shape index (κ3) is 3.67. The van der Waals surface area contributed by atoms with Gasteiger partial charge in [0.2, 0.25) is 0 Å². The lowest BCUT2D eigenvalue weighted by Gasteiger charge is -2.17. The highest BCUT2D eigenvalue weighted by molar-refractivity contribution is 8.05. The molecule has 0 atom stereocenters. The van der Waals surface area contributed by atoms with Crippen LogP contribution < -0.4 is 4.74 Å². The zero-order valence-corrected chi connectivity index (χ0v) is 16.0. The van der Waals surface area contributed by atoms with Gasteiger partial charge in [0.15, 0.2) is 5.78 Å². The van der Waals surface area contributed by atoms with Crippen molar-refractivity contribution in [1.82, 2.24) is 0 Å². The quantitative estimate of drug-likeness (QED) is 0.361. The zero-order chi connectivity index (χ0) is 17.9. The normalized spacial score (nSPS) is 14.1. The summed E-state index contributed by atoms with van der Waals surface area (Å²) >= 11 is 3.72. The van der Waals surface area contributed by atoms with E-state index in [1.54, 1.807) is 0 Å². The summed E-state index contributed by atoms with van der Waals surface area (Å²) in [5.41, 5.74) is 1.84. The number of benzene rings is 3. The molecule has 0 N–H and O–H groups in total. The van der Waals surface area contributed by atoms with Gasteiger partial charge in [-0.3, -0.25) is 4.79 Å². The van der Waals surface area contributed by atoms with Crippen LogP contribution in [0.5, 0.6) is 5.75 Å². The third-order valence-corrected chi connectivity index (χ3v) is 6.72. The molecule has 5 rings (SSSR count). The number of rotatable bonds is 0. The molecule has 2 aliphatic rings. The van der Waals surface area contributed by atoms with Crippen LogP contribution in [0.25, 0.3) is 0 Å². The molecular weight excluding hydrogens is 360 g/mol. The van der Waals surface area contributed by atoms with Gasteiger partial charge in [-0.1, -0.05) is 59.4 Å². The van der Waals surface area contributed by atoms with Crippen molar-refractivity contribution in [2.75, 3.05) is 6.61 Å². The monoisotopic (exact) mass is 378 g/mol. The van der Waals surface area contributed by atoms with Crippen LogP contribution in [-0.2, 0) is 0 Å². The van der Waals surface area contributed by atoms with Gasteiger partial charge in [-0.15, -0.1) is 0 Å². The molecule has 2 heterocycles. The first-order valence-corrected chi connectivity index (χ1v) is 10.1. The number of hydrogen-bond donors (Lipinski definition) is 0. The molecule has 0 amide bonds. The van der Waals surface area contributed by atoms with Crippen LogP contribution >= 0.6 is 23.5 Å². The van der Waals surface area contributed by atoms with E-state index >= 15 is 0 Å². The molecule has 0 saturated carbocycles. The van der Waals surface area contributed by atoms with Crippen LogP contribution in [-0.4, -0.2) is 12.4 Å². The Kier molecular flexibility index (Phi) is 5.05. The van der Waals surface area contributed by atoms with Gasteiger partial charge < -0.3 is 4.74 Å². The molecule has 3 aromatic rings. The minimum Gasteiger partial charge on any atom is -0.492 e. The molecule has 4 heteroatoms. The molecule has 0 unspecified atom stereocenters. The third-order valence-electron chi connectivity index (χ3n) is 4.16. The van der Waals surface area contributed by atoms with Crippen LogP contribution in [0.2, 0.25) is 0 Å². The van der Waals surface area contributed by atoms with Gasteiger partial charge >= 0.3 is 0 Å². The van der Waals surface area contributed by atoms with Crippen LogP contribution in [0.1, 0.15) is 22.3 Å². The van der Waals surface area contributed by atoms with E-state index in [0.717, 1.165) is 16.9 Å². The minimum atomic E-state index is 0.194. The lowest BCUT2D eigenvalue weighted by atomic mass is 10.0. The Morgan fingerprint density at radius 1 is 0.808 bits per heavy atom. The number of hydrogen-bond acceptors (Lipinski definition) is 4. The van der Waals surface area contributed by atoms with Crippen molar-refractivity contribution >= 4 is 29.3 Å². The predicted molar refractivity (Wildman–Crippen MR) is 107 cm³/mol. The van der Waals surface area contributed by atoms with E-state index < -0.39 is 0 Å². The van der Waals surface area contributed by atoms with Crippen molar-refractivity contribution in [3.63, 3.8) is 0 Å². The first kappa shape index (κ1) is 17.3. The summed E-state index contributed by atoms with van der Waals surface area (Å²) < 4.78 is 5.33. The van der Waals surface area contributed by atoms with Gasteiger partial charge in [0.05, 0.1) is 12.2 Å². The summed E-state index contributed by atoms with van der Waals surface area (Å²) in [4.78, 5) is 16.8. The second-order valence-corrected chi connectivity index (χ2v) is 8.29. The topological polar surface area (TPSA) is 26.3 Å². The standard InChI is InChI=1S/C12H8S2.C10H10O2/c1-2-6-10-9(5-1)13-11-7-3-4-8-12(11)14-10;1-7-2-3-10-8(6-7)9(11)4-5-12-10/h1-8H;2-3,6H,4-5H2,1H3. The Labute approximate surface area is 162 Å². The first-order valence-electron chi connectivity index (χ1n) is 8.51. The maximum Gasteiger partial charge on any atom is 0.170 e. The fourth-order valence-corrected chi connectivity index (χ4v) is 5.09. The summed E-state index contributed by atoms with van der Waals surface area (Å²) in [7, 11) is 0. The van der Waals surface area contributed by atoms with E-state index in [2.05, 4.69) is 48.5 Å². The number of ketones is 1. The molecule has 0 bridgehead atoms. The summed E-state index contributed by atoms with van der Waals surface area (Å²) in [6, 6.07) is 22.8. The van der Waals surface area contributed by atoms with E-state index in [1.807, 2.05) is 48.6 Å². The number of carbonyl (C=O) groups excluding carboxylic acids is 1. The van der Waals surface area contributed by atoms with Gasteiger partial charge in [0.25, 0.3) is 0 Å². The largest absolute Gasteiger partial charge is 0.492 e. The number of Topliss-reactive ketones (excluding diaryl/α,β-unsaturated/α-hetero) is 1. The average Bonchev–Trinajstić information content (AvgIpc) is 2.67.